The predicted molar refractivity (Wildman–Crippen MR) is 109 cm³/mol. The molecule has 0 saturated heterocycles. The smallest absolute Gasteiger partial charge is 0.231 e. The highest BCUT2D eigenvalue weighted by molar-refractivity contribution is 7.99. The molecule has 0 aliphatic heterocycles. The number of nitrogens with zero attached hydrogens (tertiary/aromatic N) is 3. The number of carbonyl (C=O) groups excluding carboxylic acids is 1. The van der Waals surface area contributed by atoms with E-state index in [0.717, 1.165) is 28.0 Å². The Kier molecular flexibility index (Phi) is 5.77. The monoisotopic (exact) mass is 416 g/mol. The molecule has 1 fully saturated rings. The van der Waals surface area contributed by atoms with Crippen molar-refractivity contribution in [2.45, 2.75) is 43.4 Å². The Labute approximate surface area is 171 Å². The van der Waals surface area contributed by atoms with Gasteiger partial charge in [-0.05, 0) is 48.9 Å². The van der Waals surface area contributed by atoms with E-state index >= 15 is 0 Å². The Morgan fingerprint density at radius 1 is 1.32 bits per heavy atom. The van der Waals surface area contributed by atoms with E-state index in [2.05, 4.69) is 27.0 Å². The van der Waals surface area contributed by atoms with Crippen molar-refractivity contribution in [2.24, 2.45) is 0 Å². The second kappa shape index (κ2) is 8.45. The van der Waals surface area contributed by atoms with Crippen LogP contribution in [0.3, 0.4) is 0 Å². The summed E-state index contributed by atoms with van der Waals surface area (Å²) in [5.41, 5.74) is 0.856. The molecule has 0 unspecified atom stereocenters. The van der Waals surface area contributed by atoms with E-state index in [1.165, 1.54) is 36.7 Å². The molecule has 0 radical (unpaired) electrons. The first kappa shape index (κ1) is 19.1. The number of nitrogens with one attached hydrogen (secondary N) is 1. The minimum Gasteiger partial charge on any atom is -0.344 e. The van der Waals surface area contributed by atoms with Gasteiger partial charge in [-0.25, -0.2) is 4.39 Å². The van der Waals surface area contributed by atoms with Crippen LogP contribution in [0.5, 0.6) is 0 Å². The Balaban J connectivity index is 1.44. The fourth-order valence-electron chi connectivity index (χ4n) is 3.11. The number of hydrogen-bond acceptors (Lipinski definition) is 5. The van der Waals surface area contributed by atoms with E-state index in [1.807, 2.05) is 17.5 Å². The van der Waals surface area contributed by atoms with Crippen molar-refractivity contribution in [1.82, 2.24) is 20.1 Å². The number of thioether (sulfide) groups is 1. The van der Waals surface area contributed by atoms with Gasteiger partial charge in [0.15, 0.2) is 5.16 Å². The molecule has 1 aliphatic rings. The van der Waals surface area contributed by atoms with Crippen molar-refractivity contribution in [3.05, 3.63) is 63.9 Å². The number of aromatic nitrogens is 3. The highest BCUT2D eigenvalue weighted by Crippen LogP contribution is 2.40. The van der Waals surface area contributed by atoms with Crippen LogP contribution in [0.2, 0.25) is 0 Å². The fourth-order valence-corrected chi connectivity index (χ4v) is 4.73. The maximum atomic E-state index is 13.3. The van der Waals surface area contributed by atoms with Gasteiger partial charge in [0.25, 0.3) is 0 Å². The quantitative estimate of drug-likeness (QED) is 0.554. The molecule has 8 heteroatoms. The molecular formula is C20H21FN4OS2. The van der Waals surface area contributed by atoms with Gasteiger partial charge in [-0.1, -0.05) is 30.0 Å². The molecule has 28 heavy (non-hydrogen) atoms. The molecule has 1 atom stereocenters. The third-order valence-corrected chi connectivity index (χ3v) is 6.58. The topological polar surface area (TPSA) is 59.8 Å². The zero-order chi connectivity index (χ0) is 19.5. The van der Waals surface area contributed by atoms with Gasteiger partial charge in [0.05, 0.1) is 11.8 Å². The van der Waals surface area contributed by atoms with Crippen LogP contribution < -0.4 is 5.32 Å². The average Bonchev–Trinajstić information content (AvgIpc) is 3.24. The Morgan fingerprint density at radius 3 is 2.75 bits per heavy atom. The Bertz CT molecular complexity index is 936. The van der Waals surface area contributed by atoms with Crippen LogP contribution in [0.4, 0.5) is 4.39 Å². The first-order chi connectivity index (χ1) is 13.7. The first-order valence-electron chi connectivity index (χ1n) is 9.29. The minimum atomic E-state index is -0.292. The highest BCUT2D eigenvalue weighted by Gasteiger charge is 2.30. The second-order valence-corrected chi connectivity index (χ2v) is 8.64. The first-order valence-corrected chi connectivity index (χ1v) is 11.2. The van der Waals surface area contributed by atoms with Crippen molar-refractivity contribution in [1.29, 1.82) is 0 Å². The van der Waals surface area contributed by atoms with Crippen LogP contribution in [0.25, 0.3) is 0 Å². The van der Waals surface area contributed by atoms with Crippen molar-refractivity contribution in [2.75, 3.05) is 5.75 Å². The number of carbonyl (C=O) groups is 1. The summed E-state index contributed by atoms with van der Waals surface area (Å²) < 4.78 is 15.4. The van der Waals surface area contributed by atoms with Gasteiger partial charge in [0.2, 0.25) is 5.91 Å². The van der Waals surface area contributed by atoms with Gasteiger partial charge in [0.1, 0.15) is 11.6 Å². The summed E-state index contributed by atoms with van der Waals surface area (Å²) in [4.78, 5) is 13.7. The van der Waals surface area contributed by atoms with E-state index in [0.29, 0.717) is 5.92 Å². The maximum absolute atomic E-state index is 13.3. The third kappa shape index (κ3) is 4.28. The molecule has 2 heterocycles. The number of halogens is 1. The second-order valence-electron chi connectivity index (χ2n) is 6.72. The summed E-state index contributed by atoms with van der Waals surface area (Å²) in [5.74, 6) is 1.43. The average molecular weight is 417 g/mol. The number of rotatable bonds is 8. The van der Waals surface area contributed by atoms with E-state index in [4.69, 9.17) is 0 Å². The lowest BCUT2D eigenvalue weighted by molar-refractivity contribution is -0.119. The van der Waals surface area contributed by atoms with E-state index in [9.17, 15) is 9.18 Å². The van der Waals surface area contributed by atoms with Crippen molar-refractivity contribution >= 4 is 29.0 Å². The summed E-state index contributed by atoms with van der Waals surface area (Å²) in [7, 11) is 0. The molecule has 1 aromatic carbocycles. The van der Waals surface area contributed by atoms with Crippen molar-refractivity contribution < 1.29 is 9.18 Å². The number of thiophene rings is 1. The lowest BCUT2D eigenvalue weighted by Crippen LogP contribution is -2.30. The van der Waals surface area contributed by atoms with E-state index in [-0.39, 0.29) is 23.5 Å². The van der Waals surface area contributed by atoms with Gasteiger partial charge in [-0.15, -0.1) is 21.5 Å². The Hall–Kier alpha value is -2.19. The summed E-state index contributed by atoms with van der Waals surface area (Å²) >= 11 is 2.97. The van der Waals surface area contributed by atoms with E-state index < -0.39 is 0 Å². The summed E-state index contributed by atoms with van der Waals surface area (Å²) in [5, 5.41) is 14.4. The molecule has 0 spiro atoms. The highest BCUT2D eigenvalue weighted by atomic mass is 32.2. The normalized spacial score (nSPS) is 14.8. The zero-order valence-corrected chi connectivity index (χ0v) is 17.1. The van der Waals surface area contributed by atoms with Crippen LogP contribution >= 0.6 is 23.1 Å². The molecule has 2 aromatic heterocycles. The zero-order valence-electron chi connectivity index (χ0n) is 15.5. The molecule has 3 aromatic rings. The molecule has 146 valence electrons. The van der Waals surface area contributed by atoms with Crippen molar-refractivity contribution in [3.8, 4) is 0 Å². The molecule has 1 N–H and O–H groups in total. The number of hydrogen-bond donors (Lipinski definition) is 1. The minimum absolute atomic E-state index is 0.0913. The van der Waals surface area contributed by atoms with Crippen LogP contribution in [0.1, 0.15) is 48.0 Å². The Morgan fingerprint density at radius 2 is 2.11 bits per heavy atom. The fraction of sp³-hybridized carbons (Fsp3) is 0.350. The summed E-state index contributed by atoms with van der Waals surface area (Å²) in [6.07, 6.45) is 2.34. The lowest BCUT2D eigenvalue weighted by Gasteiger charge is -2.18. The summed E-state index contributed by atoms with van der Waals surface area (Å²) in [6.45, 7) is 2.87. The molecule has 5 nitrogen and oxygen atoms in total. The molecule has 1 saturated carbocycles. The molecule has 4 rings (SSSR count). The van der Waals surface area contributed by atoms with Gasteiger partial charge < -0.3 is 9.88 Å². The van der Waals surface area contributed by atoms with Crippen LogP contribution in [0.15, 0.2) is 46.9 Å². The largest absolute Gasteiger partial charge is 0.344 e. The standard InChI is InChI=1S/C20H21FN4OS2/c1-2-25-19(14-5-6-14)23-24-20(25)28-12-17(26)22-18(16-4-3-11-27-16)13-7-9-15(21)10-8-13/h3-4,7-11,14,18H,2,5-6,12H2,1H3,(H,22,26)/t18-/m0/s1. The number of benzene rings is 1. The lowest BCUT2D eigenvalue weighted by atomic mass is 10.1. The van der Waals surface area contributed by atoms with Gasteiger partial charge in [-0.2, -0.15) is 0 Å². The number of amides is 1. The van der Waals surface area contributed by atoms with Crippen LogP contribution in [-0.2, 0) is 11.3 Å². The van der Waals surface area contributed by atoms with Gasteiger partial charge >= 0.3 is 0 Å². The van der Waals surface area contributed by atoms with Gasteiger partial charge in [-0.3, -0.25) is 4.79 Å². The van der Waals surface area contributed by atoms with Crippen LogP contribution in [0, 0.1) is 5.82 Å². The predicted octanol–water partition coefficient (Wildman–Crippen LogP) is 4.37. The molecule has 1 aliphatic carbocycles. The van der Waals surface area contributed by atoms with Crippen molar-refractivity contribution in [3.63, 3.8) is 0 Å². The molecule has 1 amide bonds. The van der Waals surface area contributed by atoms with Crippen LogP contribution in [-0.4, -0.2) is 26.4 Å². The SMILES string of the molecule is CCn1c(SCC(=O)N[C@@H](c2ccc(F)cc2)c2cccs2)nnc1C1CC1. The molecule has 0 bridgehead atoms. The third-order valence-electron chi connectivity index (χ3n) is 4.67. The summed E-state index contributed by atoms with van der Waals surface area (Å²) in [6, 6.07) is 9.88. The van der Waals surface area contributed by atoms with Gasteiger partial charge in [0, 0.05) is 17.3 Å². The molecular weight excluding hydrogens is 395 g/mol. The maximum Gasteiger partial charge on any atom is 0.231 e. The van der Waals surface area contributed by atoms with E-state index in [1.54, 1.807) is 23.5 Å².